The molecule has 29 heavy (non-hydrogen) atoms. The molecule has 8 heteroatoms. The summed E-state index contributed by atoms with van der Waals surface area (Å²) in [5.41, 5.74) is 8.16. The van der Waals surface area contributed by atoms with Crippen LogP contribution in [-0.4, -0.2) is 42.4 Å². The molecule has 1 heterocycles. The molecule has 0 saturated carbocycles. The summed E-state index contributed by atoms with van der Waals surface area (Å²) in [7, 11) is 0. The number of nitrogens with two attached hydrogens (primary N) is 1. The van der Waals surface area contributed by atoms with E-state index in [0.29, 0.717) is 6.54 Å². The highest BCUT2D eigenvalue weighted by Crippen LogP contribution is 2.16. The highest BCUT2D eigenvalue weighted by molar-refractivity contribution is 5.87. The zero-order valence-corrected chi connectivity index (χ0v) is 19.1. The molecule has 4 N–H and O–H groups in total. The van der Waals surface area contributed by atoms with Gasteiger partial charge in [-0.2, -0.15) is 0 Å². The second-order valence-corrected chi connectivity index (χ2v) is 7.72. The Balaban J connectivity index is 0.00000392. The Labute approximate surface area is 187 Å². The van der Waals surface area contributed by atoms with Gasteiger partial charge in [0.2, 0.25) is 11.8 Å². The molecule has 0 aliphatic carbocycles. The van der Waals surface area contributed by atoms with Crippen molar-refractivity contribution in [2.45, 2.75) is 58.7 Å². The Morgan fingerprint density at radius 2 is 1.59 bits per heavy atom. The minimum atomic E-state index is -0.591. The Morgan fingerprint density at radius 1 is 1.00 bits per heavy atom. The molecule has 0 aromatic heterocycles. The number of carbonyl (C=O) groups is 2. The predicted octanol–water partition coefficient (Wildman–Crippen LogP) is 2.62. The monoisotopic (exact) mass is 446 g/mol. The number of halogens is 2. The summed E-state index contributed by atoms with van der Waals surface area (Å²) in [6.07, 6.45) is 5.16. The average molecular weight is 447 g/mol. The van der Waals surface area contributed by atoms with Gasteiger partial charge in [0, 0.05) is 13.1 Å². The van der Waals surface area contributed by atoms with E-state index in [1.165, 1.54) is 31.2 Å². The van der Waals surface area contributed by atoms with E-state index < -0.39 is 6.04 Å². The minimum Gasteiger partial charge on any atom is -0.350 e. The van der Waals surface area contributed by atoms with Gasteiger partial charge in [-0.15, -0.1) is 24.8 Å². The molecule has 1 fully saturated rings. The van der Waals surface area contributed by atoms with Crippen molar-refractivity contribution in [1.29, 1.82) is 0 Å². The zero-order valence-electron chi connectivity index (χ0n) is 17.5. The summed E-state index contributed by atoms with van der Waals surface area (Å²) in [6, 6.07) is 7.64. The Bertz CT molecular complexity index is 620. The maximum absolute atomic E-state index is 12.1. The van der Waals surface area contributed by atoms with Crippen LogP contribution < -0.4 is 16.4 Å². The van der Waals surface area contributed by atoms with Crippen molar-refractivity contribution in [1.82, 2.24) is 15.5 Å². The van der Waals surface area contributed by atoms with E-state index in [4.69, 9.17) is 5.73 Å². The number of nitrogens with one attached hydrogen (secondary N) is 2. The van der Waals surface area contributed by atoms with Crippen LogP contribution in [0.2, 0.25) is 0 Å². The number of hydrogen-bond donors (Lipinski definition) is 3. The molecular weight excluding hydrogens is 411 g/mol. The standard InChI is InChI=1S/C21H34N4O2.2ClH/c1-16(2)20(22)21(27)24-14-19(26)23-13-17-9-5-6-10-18(17)15-25-11-7-3-4-8-12-25;;/h5-6,9-10,16,20H,3-4,7-8,11-15,22H2,1-2H3,(H,23,26)(H,24,27);2*1H/t20-;;/m0../s1. The van der Waals surface area contributed by atoms with Crippen molar-refractivity contribution in [3.63, 3.8) is 0 Å². The third-order valence-corrected chi connectivity index (χ3v) is 5.13. The fourth-order valence-electron chi connectivity index (χ4n) is 3.26. The molecule has 1 aromatic carbocycles. The van der Waals surface area contributed by atoms with Crippen molar-refractivity contribution in [2.75, 3.05) is 19.6 Å². The lowest BCUT2D eigenvalue weighted by molar-refractivity contribution is -0.127. The Kier molecular flexibility index (Phi) is 13.9. The molecular formula is C21H36Cl2N4O2. The van der Waals surface area contributed by atoms with E-state index >= 15 is 0 Å². The van der Waals surface area contributed by atoms with Gasteiger partial charge in [0.1, 0.15) is 0 Å². The molecule has 1 aliphatic rings. The molecule has 166 valence electrons. The maximum atomic E-state index is 12.1. The zero-order chi connectivity index (χ0) is 19.6. The molecule has 0 radical (unpaired) electrons. The van der Waals surface area contributed by atoms with E-state index in [-0.39, 0.29) is 49.1 Å². The van der Waals surface area contributed by atoms with Crippen molar-refractivity contribution < 1.29 is 9.59 Å². The third-order valence-electron chi connectivity index (χ3n) is 5.13. The van der Waals surface area contributed by atoms with Gasteiger partial charge < -0.3 is 16.4 Å². The third kappa shape index (κ3) is 9.81. The summed E-state index contributed by atoms with van der Waals surface area (Å²) >= 11 is 0. The van der Waals surface area contributed by atoms with Crippen LogP contribution in [0, 0.1) is 5.92 Å². The molecule has 0 spiro atoms. The van der Waals surface area contributed by atoms with Crippen LogP contribution in [0.15, 0.2) is 24.3 Å². The van der Waals surface area contributed by atoms with Crippen LogP contribution >= 0.6 is 24.8 Å². The van der Waals surface area contributed by atoms with Crippen molar-refractivity contribution in [3.8, 4) is 0 Å². The molecule has 2 rings (SSSR count). The molecule has 6 nitrogen and oxygen atoms in total. The van der Waals surface area contributed by atoms with Crippen LogP contribution in [0.3, 0.4) is 0 Å². The van der Waals surface area contributed by atoms with Crippen molar-refractivity contribution in [2.24, 2.45) is 11.7 Å². The molecule has 0 bridgehead atoms. The highest BCUT2D eigenvalue weighted by atomic mass is 35.5. The average Bonchev–Trinajstić information content (AvgIpc) is 2.93. The fourth-order valence-corrected chi connectivity index (χ4v) is 3.26. The van der Waals surface area contributed by atoms with E-state index in [2.05, 4.69) is 27.7 Å². The maximum Gasteiger partial charge on any atom is 0.239 e. The lowest BCUT2D eigenvalue weighted by Crippen LogP contribution is -2.47. The first-order chi connectivity index (χ1) is 13.0. The fraction of sp³-hybridized carbons (Fsp3) is 0.619. The molecule has 1 aromatic rings. The molecule has 1 atom stereocenters. The van der Waals surface area contributed by atoms with Crippen LogP contribution in [0.1, 0.15) is 50.7 Å². The minimum absolute atomic E-state index is 0. The molecule has 0 unspecified atom stereocenters. The second-order valence-electron chi connectivity index (χ2n) is 7.72. The van der Waals surface area contributed by atoms with Gasteiger partial charge in [0.25, 0.3) is 0 Å². The predicted molar refractivity (Wildman–Crippen MR) is 122 cm³/mol. The lowest BCUT2D eigenvalue weighted by Gasteiger charge is -2.21. The number of likely N-dealkylation sites (tertiary alicyclic amines) is 1. The number of rotatable bonds is 8. The lowest BCUT2D eigenvalue weighted by atomic mass is 10.1. The van der Waals surface area contributed by atoms with Crippen molar-refractivity contribution in [3.05, 3.63) is 35.4 Å². The Hall–Kier alpha value is -1.34. The van der Waals surface area contributed by atoms with E-state index in [1.54, 1.807) is 0 Å². The molecule has 1 aliphatic heterocycles. The number of nitrogens with zero attached hydrogens (tertiary/aromatic N) is 1. The number of carbonyl (C=O) groups excluding carboxylic acids is 2. The van der Waals surface area contributed by atoms with Gasteiger partial charge in [-0.3, -0.25) is 14.5 Å². The van der Waals surface area contributed by atoms with Crippen LogP contribution in [0.5, 0.6) is 0 Å². The van der Waals surface area contributed by atoms with Crippen LogP contribution in [0.4, 0.5) is 0 Å². The number of benzene rings is 1. The SMILES string of the molecule is CC(C)[C@H](N)C(=O)NCC(=O)NCc1ccccc1CN1CCCCCC1.Cl.Cl. The number of hydrogen-bond acceptors (Lipinski definition) is 4. The summed E-state index contributed by atoms with van der Waals surface area (Å²) < 4.78 is 0. The first-order valence-corrected chi connectivity index (χ1v) is 10.1. The topological polar surface area (TPSA) is 87.5 Å². The molecule has 1 saturated heterocycles. The highest BCUT2D eigenvalue weighted by Gasteiger charge is 2.17. The largest absolute Gasteiger partial charge is 0.350 e. The van der Waals surface area contributed by atoms with Gasteiger partial charge in [-0.25, -0.2) is 0 Å². The smallest absolute Gasteiger partial charge is 0.239 e. The first kappa shape index (κ1) is 27.7. The quantitative estimate of drug-likeness (QED) is 0.572. The van der Waals surface area contributed by atoms with Gasteiger partial charge in [-0.1, -0.05) is 51.0 Å². The van der Waals surface area contributed by atoms with E-state index in [9.17, 15) is 9.59 Å². The van der Waals surface area contributed by atoms with Gasteiger partial charge in [0.15, 0.2) is 0 Å². The normalized spacial score (nSPS) is 15.4. The van der Waals surface area contributed by atoms with Crippen LogP contribution in [-0.2, 0) is 22.7 Å². The first-order valence-electron chi connectivity index (χ1n) is 10.1. The van der Waals surface area contributed by atoms with E-state index in [1.807, 2.05) is 26.0 Å². The van der Waals surface area contributed by atoms with Gasteiger partial charge in [-0.05, 0) is 43.0 Å². The van der Waals surface area contributed by atoms with Gasteiger partial charge >= 0.3 is 0 Å². The van der Waals surface area contributed by atoms with Gasteiger partial charge in [0.05, 0.1) is 12.6 Å². The van der Waals surface area contributed by atoms with Crippen LogP contribution in [0.25, 0.3) is 0 Å². The number of amides is 2. The van der Waals surface area contributed by atoms with E-state index in [0.717, 1.165) is 25.2 Å². The summed E-state index contributed by atoms with van der Waals surface area (Å²) in [4.78, 5) is 26.4. The summed E-state index contributed by atoms with van der Waals surface area (Å²) in [6.45, 7) is 7.39. The Morgan fingerprint density at radius 3 is 2.17 bits per heavy atom. The molecule has 2 amide bonds. The van der Waals surface area contributed by atoms with Crippen molar-refractivity contribution >= 4 is 36.6 Å². The summed E-state index contributed by atoms with van der Waals surface area (Å²) in [5.74, 6) is -0.454. The summed E-state index contributed by atoms with van der Waals surface area (Å²) in [5, 5.41) is 5.50. The second kappa shape index (κ2) is 14.6.